The predicted octanol–water partition coefficient (Wildman–Crippen LogP) is 2.96. The molecular weight excluding hydrogens is 152 g/mol. The molecular formula is C10H20O2. The van der Waals surface area contributed by atoms with Crippen molar-refractivity contribution in [2.75, 3.05) is 13.2 Å². The Morgan fingerprint density at radius 2 is 1.75 bits per heavy atom. The maximum Gasteiger partial charge on any atom is 0.112 e. The molecule has 0 atom stereocenters. The minimum absolute atomic E-state index is 0.226. The fourth-order valence-corrected chi connectivity index (χ4v) is 1.10. The van der Waals surface area contributed by atoms with Crippen molar-refractivity contribution in [2.45, 2.75) is 45.4 Å². The van der Waals surface area contributed by atoms with Crippen LogP contribution in [0.2, 0.25) is 0 Å². The van der Waals surface area contributed by atoms with Crippen molar-refractivity contribution in [1.82, 2.24) is 0 Å². The lowest BCUT2D eigenvalue weighted by molar-refractivity contribution is 0.113. The number of hydrogen-bond donors (Lipinski definition) is 0. The SMILES string of the molecule is CCCCCCCCO[CH]C[O]. The second kappa shape index (κ2) is 10.9. The lowest BCUT2D eigenvalue weighted by Gasteiger charge is -2.00. The van der Waals surface area contributed by atoms with Crippen LogP contribution in [0.15, 0.2) is 0 Å². The molecule has 0 aromatic rings. The van der Waals surface area contributed by atoms with Gasteiger partial charge in [0.15, 0.2) is 0 Å². The highest BCUT2D eigenvalue weighted by atomic mass is 16.5. The topological polar surface area (TPSA) is 29.1 Å². The lowest BCUT2D eigenvalue weighted by atomic mass is 10.1. The van der Waals surface area contributed by atoms with Gasteiger partial charge in [0, 0.05) is 6.61 Å². The normalized spacial score (nSPS) is 10.5. The van der Waals surface area contributed by atoms with Crippen LogP contribution < -0.4 is 0 Å². The molecule has 12 heavy (non-hydrogen) atoms. The van der Waals surface area contributed by atoms with Gasteiger partial charge < -0.3 is 4.74 Å². The average molecular weight is 172 g/mol. The fraction of sp³-hybridized carbons (Fsp3) is 0.900. The van der Waals surface area contributed by atoms with Gasteiger partial charge in [0.25, 0.3) is 0 Å². The molecule has 0 saturated carbocycles. The summed E-state index contributed by atoms with van der Waals surface area (Å²) in [5.41, 5.74) is 0. The van der Waals surface area contributed by atoms with Crippen molar-refractivity contribution >= 4 is 0 Å². The van der Waals surface area contributed by atoms with Crippen LogP contribution >= 0.6 is 0 Å². The molecule has 2 heteroatoms. The highest BCUT2D eigenvalue weighted by Gasteiger charge is 1.90. The van der Waals surface area contributed by atoms with Crippen LogP contribution in [0.4, 0.5) is 0 Å². The fourth-order valence-electron chi connectivity index (χ4n) is 1.10. The third-order valence-electron chi connectivity index (χ3n) is 1.80. The molecule has 0 N–H and O–H groups in total. The summed E-state index contributed by atoms with van der Waals surface area (Å²) in [6, 6.07) is 0. The van der Waals surface area contributed by atoms with Crippen LogP contribution in [0.3, 0.4) is 0 Å². The molecule has 0 saturated heterocycles. The summed E-state index contributed by atoms with van der Waals surface area (Å²) < 4.78 is 4.95. The monoisotopic (exact) mass is 172 g/mol. The van der Waals surface area contributed by atoms with Crippen molar-refractivity contribution in [3.05, 3.63) is 6.61 Å². The largest absolute Gasteiger partial charge is 0.373 e. The zero-order valence-corrected chi connectivity index (χ0v) is 8.05. The van der Waals surface area contributed by atoms with E-state index in [1.165, 1.54) is 38.7 Å². The maximum atomic E-state index is 9.92. The molecule has 0 amide bonds. The van der Waals surface area contributed by atoms with E-state index in [2.05, 4.69) is 6.92 Å². The van der Waals surface area contributed by atoms with E-state index in [-0.39, 0.29) is 6.61 Å². The van der Waals surface area contributed by atoms with E-state index in [1.54, 1.807) is 0 Å². The molecule has 0 aromatic heterocycles. The van der Waals surface area contributed by atoms with E-state index in [0.29, 0.717) is 6.61 Å². The summed E-state index contributed by atoms with van der Waals surface area (Å²) in [6.45, 7) is 4.04. The Hall–Kier alpha value is -0.0800. The van der Waals surface area contributed by atoms with Gasteiger partial charge in [-0.25, -0.2) is 5.11 Å². The summed E-state index contributed by atoms with van der Waals surface area (Å²) >= 11 is 0. The van der Waals surface area contributed by atoms with Gasteiger partial charge in [-0.2, -0.15) is 0 Å². The summed E-state index contributed by atoms with van der Waals surface area (Å²) in [5, 5.41) is 9.92. The Labute approximate surface area is 75.9 Å². The van der Waals surface area contributed by atoms with Gasteiger partial charge >= 0.3 is 0 Å². The highest BCUT2D eigenvalue weighted by Crippen LogP contribution is 2.04. The molecule has 0 aliphatic rings. The van der Waals surface area contributed by atoms with E-state index in [4.69, 9.17) is 4.74 Å². The minimum atomic E-state index is -0.226. The van der Waals surface area contributed by atoms with Gasteiger partial charge in [-0.1, -0.05) is 39.0 Å². The smallest absolute Gasteiger partial charge is 0.112 e. The first-order chi connectivity index (χ1) is 5.91. The van der Waals surface area contributed by atoms with Crippen LogP contribution in [-0.2, 0) is 9.84 Å². The Bertz CT molecular complexity index is 64.2. The van der Waals surface area contributed by atoms with Crippen molar-refractivity contribution in [1.29, 1.82) is 0 Å². The van der Waals surface area contributed by atoms with Crippen LogP contribution in [0.1, 0.15) is 45.4 Å². The number of unbranched alkanes of at least 4 members (excludes halogenated alkanes) is 5. The standard InChI is InChI=1S/C10H20O2/c1-2-3-4-5-6-7-9-12-10-8-11/h10H,2-9H2,1H3. The molecule has 0 aromatic carbocycles. The number of rotatable bonds is 9. The van der Waals surface area contributed by atoms with Gasteiger partial charge in [0.1, 0.15) is 13.2 Å². The van der Waals surface area contributed by atoms with Crippen LogP contribution in [0.5, 0.6) is 0 Å². The van der Waals surface area contributed by atoms with Crippen LogP contribution in [0.25, 0.3) is 0 Å². The second-order valence-electron chi connectivity index (χ2n) is 2.97. The van der Waals surface area contributed by atoms with Crippen molar-refractivity contribution in [3.63, 3.8) is 0 Å². The number of ether oxygens (including phenoxy) is 1. The van der Waals surface area contributed by atoms with Crippen LogP contribution in [0, 0.1) is 6.61 Å². The third-order valence-corrected chi connectivity index (χ3v) is 1.80. The molecule has 0 unspecified atom stereocenters. The molecule has 0 rings (SSSR count). The molecule has 0 heterocycles. The summed E-state index contributed by atoms with van der Waals surface area (Å²) in [5.74, 6) is 0. The van der Waals surface area contributed by atoms with Gasteiger partial charge in [-0.05, 0) is 6.42 Å². The quantitative estimate of drug-likeness (QED) is 0.491. The Kier molecular flexibility index (Phi) is 10.8. The van der Waals surface area contributed by atoms with E-state index in [1.807, 2.05) is 0 Å². The summed E-state index contributed by atoms with van der Waals surface area (Å²) in [7, 11) is 0. The molecule has 0 fully saturated rings. The van der Waals surface area contributed by atoms with E-state index < -0.39 is 0 Å². The molecule has 0 bridgehead atoms. The molecule has 0 aliphatic carbocycles. The molecule has 0 spiro atoms. The Balaban J connectivity index is 2.73. The zero-order valence-electron chi connectivity index (χ0n) is 8.05. The van der Waals surface area contributed by atoms with Crippen molar-refractivity contribution in [2.24, 2.45) is 0 Å². The lowest BCUT2D eigenvalue weighted by Crippen LogP contribution is -1.94. The van der Waals surface area contributed by atoms with Crippen molar-refractivity contribution in [3.8, 4) is 0 Å². The van der Waals surface area contributed by atoms with E-state index >= 15 is 0 Å². The Morgan fingerprint density at radius 1 is 1.08 bits per heavy atom. The highest BCUT2D eigenvalue weighted by molar-refractivity contribution is 4.46. The van der Waals surface area contributed by atoms with Gasteiger partial charge in [0.05, 0.1) is 0 Å². The van der Waals surface area contributed by atoms with Gasteiger partial charge in [-0.3, -0.25) is 0 Å². The molecule has 0 aliphatic heterocycles. The van der Waals surface area contributed by atoms with E-state index in [0.717, 1.165) is 6.42 Å². The summed E-state index contributed by atoms with van der Waals surface area (Å²) in [6.07, 6.45) is 7.58. The second-order valence-corrected chi connectivity index (χ2v) is 2.97. The molecule has 2 nitrogen and oxygen atoms in total. The first kappa shape index (κ1) is 11.9. The first-order valence-corrected chi connectivity index (χ1v) is 4.93. The predicted molar refractivity (Wildman–Crippen MR) is 49.2 cm³/mol. The number of hydrogen-bond acceptors (Lipinski definition) is 1. The van der Waals surface area contributed by atoms with Crippen LogP contribution in [-0.4, -0.2) is 13.2 Å². The van der Waals surface area contributed by atoms with Gasteiger partial charge in [-0.15, -0.1) is 0 Å². The zero-order chi connectivity index (χ0) is 9.07. The maximum absolute atomic E-state index is 9.92. The van der Waals surface area contributed by atoms with E-state index in [9.17, 15) is 5.11 Å². The summed E-state index contributed by atoms with van der Waals surface area (Å²) in [4.78, 5) is 0. The average Bonchev–Trinajstić information content (AvgIpc) is 2.10. The van der Waals surface area contributed by atoms with Gasteiger partial charge in [0.2, 0.25) is 0 Å². The van der Waals surface area contributed by atoms with Crippen molar-refractivity contribution < 1.29 is 9.84 Å². The Morgan fingerprint density at radius 3 is 2.42 bits per heavy atom. The third kappa shape index (κ3) is 9.92. The minimum Gasteiger partial charge on any atom is -0.373 e. The molecule has 2 radical (unpaired) electrons. The first-order valence-electron chi connectivity index (χ1n) is 4.93. The molecule has 72 valence electrons.